The Hall–Kier alpha value is -2.64. The molecule has 1 heterocycles. The van der Waals surface area contributed by atoms with Crippen molar-refractivity contribution >= 4 is 43.2 Å². The Morgan fingerprint density at radius 3 is 2.53 bits per heavy atom. The van der Waals surface area contributed by atoms with E-state index in [4.69, 9.17) is 0 Å². The van der Waals surface area contributed by atoms with Gasteiger partial charge in [-0.3, -0.25) is 9.10 Å². The Morgan fingerprint density at radius 2 is 1.80 bits per heavy atom. The molecule has 5 nitrogen and oxygen atoms in total. The third-order valence-electron chi connectivity index (χ3n) is 5.24. The lowest BCUT2D eigenvalue weighted by molar-refractivity contribution is 0.102. The van der Waals surface area contributed by atoms with Gasteiger partial charge in [-0.1, -0.05) is 41.1 Å². The fourth-order valence-corrected chi connectivity index (χ4v) is 5.41. The highest BCUT2D eigenvalue weighted by Crippen LogP contribution is 2.34. The molecule has 0 saturated carbocycles. The summed E-state index contributed by atoms with van der Waals surface area (Å²) in [4.78, 5) is 13.0. The molecule has 0 bridgehead atoms. The van der Waals surface area contributed by atoms with E-state index in [0.29, 0.717) is 24.2 Å². The van der Waals surface area contributed by atoms with Gasteiger partial charge in [-0.05, 0) is 72.5 Å². The van der Waals surface area contributed by atoms with E-state index in [1.165, 1.54) is 4.31 Å². The number of amides is 1. The molecule has 1 aliphatic heterocycles. The van der Waals surface area contributed by atoms with Crippen LogP contribution in [0.25, 0.3) is 0 Å². The van der Waals surface area contributed by atoms with Gasteiger partial charge in [-0.2, -0.15) is 0 Å². The molecular formula is C23H21BrN2O3S. The van der Waals surface area contributed by atoms with Crippen LogP contribution in [0.15, 0.2) is 76.1 Å². The van der Waals surface area contributed by atoms with Crippen molar-refractivity contribution in [1.29, 1.82) is 0 Å². The topological polar surface area (TPSA) is 66.5 Å². The predicted octanol–water partition coefficient (Wildman–Crippen LogP) is 5.02. The highest BCUT2D eigenvalue weighted by Gasteiger charge is 2.31. The van der Waals surface area contributed by atoms with Crippen LogP contribution in [0.1, 0.15) is 28.4 Å². The minimum atomic E-state index is -3.65. The fourth-order valence-electron chi connectivity index (χ4n) is 3.64. The van der Waals surface area contributed by atoms with Gasteiger partial charge in [0.2, 0.25) is 0 Å². The summed E-state index contributed by atoms with van der Waals surface area (Å²) in [7, 11) is -3.65. The summed E-state index contributed by atoms with van der Waals surface area (Å²) in [6.45, 7) is 2.40. The number of halogens is 1. The number of aryl methyl sites for hydroxylation is 1. The van der Waals surface area contributed by atoms with Crippen molar-refractivity contribution in [3.8, 4) is 0 Å². The number of carbonyl (C=O) groups excluding carboxylic acids is 1. The Kier molecular flexibility index (Phi) is 5.66. The van der Waals surface area contributed by atoms with E-state index in [2.05, 4.69) is 21.2 Å². The number of sulfonamides is 1. The molecule has 0 aliphatic carbocycles. The molecule has 0 radical (unpaired) electrons. The highest BCUT2D eigenvalue weighted by molar-refractivity contribution is 9.10. The molecule has 154 valence electrons. The normalized spacial score (nSPS) is 13.2. The van der Waals surface area contributed by atoms with Gasteiger partial charge in [-0.25, -0.2) is 8.42 Å². The van der Waals surface area contributed by atoms with E-state index in [-0.39, 0.29) is 10.8 Å². The maximum atomic E-state index is 13.1. The molecule has 1 aliphatic rings. The molecule has 1 amide bonds. The number of benzene rings is 3. The first kappa shape index (κ1) is 20.6. The summed E-state index contributed by atoms with van der Waals surface area (Å²) in [6, 6.07) is 19.5. The van der Waals surface area contributed by atoms with Crippen LogP contribution >= 0.6 is 15.9 Å². The molecule has 0 atom stereocenters. The number of fused-ring (bicyclic) bond motifs is 1. The van der Waals surface area contributed by atoms with Crippen LogP contribution in [-0.2, 0) is 22.9 Å². The maximum Gasteiger partial charge on any atom is 0.264 e. The summed E-state index contributed by atoms with van der Waals surface area (Å²) in [5.74, 6) is -0.201. The first-order valence-electron chi connectivity index (χ1n) is 9.70. The number of nitrogens with one attached hydrogen (secondary N) is 1. The third-order valence-corrected chi connectivity index (χ3v) is 7.60. The second kappa shape index (κ2) is 8.24. The van der Waals surface area contributed by atoms with Crippen molar-refractivity contribution in [2.45, 2.75) is 24.7 Å². The van der Waals surface area contributed by atoms with Gasteiger partial charge in [-0.15, -0.1) is 0 Å². The number of rotatable bonds is 5. The molecule has 1 N–H and O–H groups in total. The van der Waals surface area contributed by atoms with Crippen LogP contribution in [-0.4, -0.2) is 20.9 Å². The molecular weight excluding hydrogens is 464 g/mol. The van der Waals surface area contributed by atoms with Gasteiger partial charge in [0.15, 0.2) is 0 Å². The van der Waals surface area contributed by atoms with E-state index in [1.54, 1.807) is 42.5 Å². The Morgan fingerprint density at radius 1 is 1.07 bits per heavy atom. The van der Waals surface area contributed by atoms with Crippen LogP contribution in [0.5, 0.6) is 0 Å². The third kappa shape index (κ3) is 3.87. The van der Waals surface area contributed by atoms with Crippen LogP contribution < -0.4 is 9.62 Å². The number of carbonyl (C=O) groups is 1. The summed E-state index contributed by atoms with van der Waals surface area (Å²) in [5, 5.41) is 2.97. The first-order valence-corrected chi connectivity index (χ1v) is 11.9. The standard InChI is InChI=1S/C23H21BrN2O3S/c1-2-16-5-3-4-6-21(16)25-23(27)18-7-12-22-17(15-18)13-14-26(22)30(28,29)20-10-8-19(24)9-11-20/h3-12,15H,2,13-14H2,1H3,(H,25,27). The molecule has 0 fully saturated rings. The molecule has 0 aromatic heterocycles. The van der Waals surface area contributed by atoms with Crippen LogP contribution in [0, 0.1) is 0 Å². The Labute approximate surface area is 184 Å². The molecule has 0 unspecified atom stereocenters. The van der Waals surface area contributed by atoms with Gasteiger partial charge in [0.1, 0.15) is 0 Å². The maximum absolute atomic E-state index is 13.1. The Balaban J connectivity index is 1.59. The second-order valence-electron chi connectivity index (χ2n) is 7.09. The second-order valence-corrected chi connectivity index (χ2v) is 9.87. The number of hydrogen-bond acceptors (Lipinski definition) is 3. The smallest absolute Gasteiger partial charge is 0.264 e. The van der Waals surface area contributed by atoms with Crippen LogP contribution in [0.3, 0.4) is 0 Å². The highest BCUT2D eigenvalue weighted by atomic mass is 79.9. The van der Waals surface area contributed by atoms with Gasteiger partial charge in [0.25, 0.3) is 15.9 Å². The van der Waals surface area contributed by atoms with Crippen molar-refractivity contribution in [1.82, 2.24) is 0 Å². The van der Waals surface area contributed by atoms with Crippen molar-refractivity contribution in [2.75, 3.05) is 16.2 Å². The van der Waals surface area contributed by atoms with Crippen LogP contribution in [0.4, 0.5) is 11.4 Å². The lowest BCUT2D eigenvalue weighted by Crippen LogP contribution is -2.29. The monoisotopic (exact) mass is 484 g/mol. The van der Waals surface area contributed by atoms with E-state index >= 15 is 0 Å². The average Bonchev–Trinajstić information content (AvgIpc) is 3.18. The number of hydrogen-bond donors (Lipinski definition) is 1. The fraction of sp³-hybridized carbons (Fsp3) is 0.174. The van der Waals surface area contributed by atoms with E-state index in [1.807, 2.05) is 31.2 Å². The van der Waals surface area contributed by atoms with Gasteiger partial charge in [0, 0.05) is 22.3 Å². The van der Waals surface area contributed by atoms with Crippen molar-refractivity contribution < 1.29 is 13.2 Å². The number of nitrogens with zero attached hydrogens (tertiary/aromatic N) is 1. The van der Waals surface area contributed by atoms with Crippen LogP contribution in [0.2, 0.25) is 0 Å². The summed E-state index contributed by atoms with van der Waals surface area (Å²) in [6.07, 6.45) is 1.39. The largest absolute Gasteiger partial charge is 0.322 e. The van der Waals surface area contributed by atoms with E-state index < -0.39 is 10.0 Å². The molecule has 30 heavy (non-hydrogen) atoms. The average molecular weight is 485 g/mol. The summed E-state index contributed by atoms with van der Waals surface area (Å²) in [5.41, 5.74) is 3.86. The Bertz CT molecular complexity index is 1210. The zero-order chi connectivity index (χ0) is 21.3. The SMILES string of the molecule is CCc1ccccc1NC(=O)c1ccc2c(c1)CCN2S(=O)(=O)c1ccc(Br)cc1. The van der Waals surface area contributed by atoms with Crippen molar-refractivity contribution in [3.05, 3.63) is 87.9 Å². The van der Waals surface area contributed by atoms with Crippen molar-refractivity contribution in [2.24, 2.45) is 0 Å². The van der Waals surface area contributed by atoms with E-state index in [0.717, 1.165) is 27.7 Å². The lowest BCUT2D eigenvalue weighted by atomic mass is 10.1. The zero-order valence-corrected chi connectivity index (χ0v) is 18.8. The molecule has 3 aromatic carbocycles. The minimum Gasteiger partial charge on any atom is -0.322 e. The van der Waals surface area contributed by atoms with Gasteiger partial charge >= 0.3 is 0 Å². The summed E-state index contributed by atoms with van der Waals surface area (Å²) < 4.78 is 28.4. The molecule has 0 spiro atoms. The summed E-state index contributed by atoms with van der Waals surface area (Å²) >= 11 is 3.33. The number of para-hydroxylation sites is 1. The van der Waals surface area contributed by atoms with E-state index in [9.17, 15) is 13.2 Å². The minimum absolute atomic E-state index is 0.201. The van der Waals surface area contributed by atoms with Gasteiger partial charge in [0.05, 0.1) is 10.6 Å². The zero-order valence-electron chi connectivity index (χ0n) is 16.4. The van der Waals surface area contributed by atoms with Gasteiger partial charge < -0.3 is 5.32 Å². The molecule has 4 rings (SSSR count). The number of anilines is 2. The predicted molar refractivity (Wildman–Crippen MR) is 123 cm³/mol. The van der Waals surface area contributed by atoms with Crippen molar-refractivity contribution in [3.63, 3.8) is 0 Å². The lowest BCUT2D eigenvalue weighted by Gasteiger charge is -2.20. The quantitative estimate of drug-likeness (QED) is 0.552. The molecule has 0 saturated heterocycles. The molecule has 7 heteroatoms. The molecule has 3 aromatic rings. The first-order chi connectivity index (χ1) is 14.4.